The predicted molar refractivity (Wildman–Crippen MR) is 58.4 cm³/mol. The highest BCUT2D eigenvalue weighted by Crippen LogP contribution is 2.27. The van der Waals surface area contributed by atoms with Gasteiger partial charge < -0.3 is 9.47 Å². The van der Waals surface area contributed by atoms with Crippen molar-refractivity contribution in [2.45, 2.75) is 20.0 Å². The summed E-state index contributed by atoms with van der Waals surface area (Å²) in [5, 5.41) is -0.00801. The Hall–Kier alpha value is -1.43. The van der Waals surface area contributed by atoms with Gasteiger partial charge in [-0.05, 0) is 13.0 Å². The normalized spacial score (nSPS) is 10.6. The Kier molecular flexibility index (Phi) is 5.27. The highest BCUT2D eigenvalue weighted by atomic mass is 35.5. The molecular weight excluding hydrogens is 273 g/mol. The molecule has 0 aliphatic heterocycles. The van der Waals surface area contributed by atoms with Crippen molar-refractivity contribution >= 4 is 17.6 Å². The predicted octanol–water partition coefficient (Wildman–Crippen LogP) is 3.19. The first-order valence-corrected chi connectivity index (χ1v) is 5.40. The lowest BCUT2D eigenvalue weighted by atomic mass is 10.1. The Balaban J connectivity index is 2.97. The molecule has 18 heavy (non-hydrogen) atoms. The van der Waals surface area contributed by atoms with Crippen molar-refractivity contribution in [3.63, 3.8) is 0 Å². The first-order chi connectivity index (χ1) is 8.43. The number of benzene rings is 1. The van der Waals surface area contributed by atoms with Crippen LogP contribution in [0.5, 0.6) is 5.75 Å². The zero-order chi connectivity index (χ0) is 13.7. The van der Waals surface area contributed by atoms with Gasteiger partial charge in [-0.1, -0.05) is 11.6 Å². The van der Waals surface area contributed by atoms with Crippen LogP contribution >= 0.6 is 11.6 Å². The highest BCUT2D eigenvalue weighted by molar-refractivity contribution is 6.30. The van der Waals surface area contributed by atoms with Crippen LogP contribution in [0.15, 0.2) is 12.1 Å². The van der Waals surface area contributed by atoms with E-state index >= 15 is 0 Å². The van der Waals surface area contributed by atoms with Crippen LogP contribution in [0.2, 0.25) is 5.02 Å². The standard InChI is InChI=1S/C11H10ClF3O3/c1-2-17-9(16)4-6-3-7(12)5-8(10(6)13)18-11(14)15/h3,5,11H,2,4H2,1H3. The number of halogens is 4. The van der Waals surface area contributed by atoms with Crippen LogP contribution in [-0.2, 0) is 16.0 Å². The molecule has 0 aliphatic rings. The first kappa shape index (κ1) is 14.6. The summed E-state index contributed by atoms with van der Waals surface area (Å²) in [5.41, 5.74) is -0.156. The Labute approximate surface area is 106 Å². The van der Waals surface area contributed by atoms with E-state index in [4.69, 9.17) is 11.6 Å². The number of ether oxygens (including phenoxy) is 2. The summed E-state index contributed by atoms with van der Waals surface area (Å²) >= 11 is 5.62. The van der Waals surface area contributed by atoms with E-state index in [9.17, 15) is 18.0 Å². The van der Waals surface area contributed by atoms with E-state index in [1.54, 1.807) is 6.92 Å². The summed E-state index contributed by atoms with van der Waals surface area (Å²) in [4.78, 5) is 11.2. The van der Waals surface area contributed by atoms with E-state index in [-0.39, 0.29) is 17.2 Å². The van der Waals surface area contributed by atoms with E-state index in [2.05, 4.69) is 9.47 Å². The summed E-state index contributed by atoms with van der Waals surface area (Å²) in [7, 11) is 0. The van der Waals surface area contributed by atoms with Gasteiger partial charge in [-0.3, -0.25) is 4.79 Å². The average molecular weight is 283 g/mol. The quantitative estimate of drug-likeness (QED) is 0.778. The third kappa shape index (κ3) is 4.10. The molecule has 1 rings (SSSR count). The lowest BCUT2D eigenvalue weighted by molar-refractivity contribution is -0.142. The minimum Gasteiger partial charge on any atom is -0.466 e. The summed E-state index contributed by atoms with van der Waals surface area (Å²) in [6, 6.07) is 2.07. The molecular formula is C11H10ClF3O3. The maximum Gasteiger partial charge on any atom is 0.387 e. The van der Waals surface area contributed by atoms with Crippen LogP contribution in [0.1, 0.15) is 12.5 Å². The van der Waals surface area contributed by atoms with Gasteiger partial charge in [0.2, 0.25) is 0 Å². The number of carbonyl (C=O) groups is 1. The average Bonchev–Trinajstić information content (AvgIpc) is 2.24. The third-order valence-electron chi connectivity index (χ3n) is 1.94. The minimum absolute atomic E-state index is 0.00801. The number of carbonyl (C=O) groups excluding carboxylic acids is 1. The Morgan fingerprint density at radius 3 is 2.67 bits per heavy atom. The molecule has 0 N–H and O–H groups in total. The lowest BCUT2D eigenvalue weighted by Gasteiger charge is -2.10. The van der Waals surface area contributed by atoms with E-state index in [0.29, 0.717) is 0 Å². The van der Waals surface area contributed by atoms with Crippen LogP contribution in [-0.4, -0.2) is 19.2 Å². The van der Waals surface area contributed by atoms with Gasteiger partial charge >= 0.3 is 12.6 Å². The largest absolute Gasteiger partial charge is 0.466 e. The first-order valence-electron chi connectivity index (χ1n) is 5.02. The van der Waals surface area contributed by atoms with Crippen molar-refractivity contribution in [3.8, 4) is 5.75 Å². The van der Waals surface area contributed by atoms with E-state index < -0.39 is 30.6 Å². The van der Waals surface area contributed by atoms with Gasteiger partial charge in [0, 0.05) is 16.7 Å². The minimum atomic E-state index is -3.17. The molecule has 0 fully saturated rings. The zero-order valence-electron chi connectivity index (χ0n) is 9.38. The van der Waals surface area contributed by atoms with Gasteiger partial charge in [0.25, 0.3) is 0 Å². The summed E-state index contributed by atoms with van der Waals surface area (Å²) < 4.78 is 46.3. The molecule has 0 saturated heterocycles. The monoisotopic (exact) mass is 282 g/mol. The van der Waals surface area contributed by atoms with Crippen molar-refractivity contribution in [1.82, 2.24) is 0 Å². The zero-order valence-corrected chi connectivity index (χ0v) is 10.1. The van der Waals surface area contributed by atoms with Gasteiger partial charge in [0.05, 0.1) is 13.0 Å². The summed E-state index contributed by atoms with van der Waals surface area (Å²) in [6.07, 6.45) is -0.403. The second-order valence-electron chi connectivity index (χ2n) is 3.24. The maximum absolute atomic E-state index is 13.7. The number of alkyl halides is 2. The Morgan fingerprint density at radius 1 is 1.44 bits per heavy atom. The molecule has 100 valence electrons. The van der Waals surface area contributed by atoms with Gasteiger partial charge in [0.15, 0.2) is 11.6 Å². The molecule has 0 atom stereocenters. The molecule has 0 unspecified atom stereocenters. The fourth-order valence-electron chi connectivity index (χ4n) is 1.30. The van der Waals surface area contributed by atoms with E-state index in [1.165, 1.54) is 0 Å². The highest BCUT2D eigenvalue weighted by Gasteiger charge is 2.17. The second-order valence-corrected chi connectivity index (χ2v) is 3.67. The van der Waals surface area contributed by atoms with Crippen LogP contribution in [0.25, 0.3) is 0 Å². The maximum atomic E-state index is 13.7. The molecule has 1 aromatic carbocycles. The number of esters is 1. The Morgan fingerprint density at radius 2 is 2.11 bits per heavy atom. The van der Waals surface area contributed by atoms with Gasteiger partial charge in [-0.15, -0.1) is 0 Å². The molecule has 0 amide bonds. The molecule has 0 heterocycles. The van der Waals surface area contributed by atoms with Crippen LogP contribution < -0.4 is 4.74 Å². The molecule has 0 bridgehead atoms. The van der Waals surface area contributed by atoms with Crippen LogP contribution in [0, 0.1) is 5.82 Å². The number of rotatable bonds is 5. The third-order valence-corrected chi connectivity index (χ3v) is 2.15. The van der Waals surface area contributed by atoms with Crippen LogP contribution in [0.3, 0.4) is 0 Å². The molecule has 0 radical (unpaired) electrons. The SMILES string of the molecule is CCOC(=O)Cc1cc(Cl)cc(OC(F)F)c1F. The molecule has 0 spiro atoms. The molecule has 0 saturated carbocycles. The van der Waals surface area contributed by atoms with Crippen LogP contribution in [0.4, 0.5) is 13.2 Å². The van der Waals surface area contributed by atoms with Gasteiger partial charge in [-0.2, -0.15) is 8.78 Å². The van der Waals surface area contributed by atoms with Crippen molar-refractivity contribution in [3.05, 3.63) is 28.5 Å². The van der Waals surface area contributed by atoms with Gasteiger partial charge in [0.1, 0.15) is 0 Å². The Bertz CT molecular complexity index is 438. The van der Waals surface area contributed by atoms with E-state index in [1.807, 2.05) is 0 Å². The molecule has 0 aliphatic carbocycles. The summed E-state index contributed by atoms with van der Waals surface area (Å²) in [6.45, 7) is -1.44. The summed E-state index contributed by atoms with van der Waals surface area (Å²) in [5.74, 6) is -2.42. The van der Waals surface area contributed by atoms with Crippen molar-refractivity contribution in [2.24, 2.45) is 0 Å². The van der Waals surface area contributed by atoms with E-state index in [0.717, 1.165) is 12.1 Å². The smallest absolute Gasteiger partial charge is 0.387 e. The molecule has 0 aromatic heterocycles. The van der Waals surface area contributed by atoms with Crippen molar-refractivity contribution in [1.29, 1.82) is 0 Å². The number of hydrogen-bond donors (Lipinski definition) is 0. The van der Waals surface area contributed by atoms with Crippen molar-refractivity contribution in [2.75, 3.05) is 6.61 Å². The molecule has 3 nitrogen and oxygen atoms in total. The molecule has 1 aromatic rings. The lowest BCUT2D eigenvalue weighted by Crippen LogP contribution is -2.10. The molecule has 7 heteroatoms. The topological polar surface area (TPSA) is 35.5 Å². The van der Waals surface area contributed by atoms with Crippen molar-refractivity contribution < 1.29 is 27.4 Å². The second kappa shape index (κ2) is 6.49. The fourth-order valence-corrected chi connectivity index (χ4v) is 1.53. The number of hydrogen-bond acceptors (Lipinski definition) is 3. The van der Waals surface area contributed by atoms with Gasteiger partial charge in [-0.25, -0.2) is 4.39 Å². The fraction of sp³-hybridized carbons (Fsp3) is 0.364.